The molecule has 1 amide bonds. The Bertz CT molecular complexity index is 584. The van der Waals surface area contributed by atoms with Gasteiger partial charge in [0.1, 0.15) is 6.54 Å². The van der Waals surface area contributed by atoms with E-state index in [2.05, 4.69) is 5.10 Å². The lowest BCUT2D eigenvalue weighted by Gasteiger charge is -2.27. The normalized spacial score (nSPS) is 18.8. The molecule has 0 unspecified atom stereocenters. The minimum Gasteiger partial charge on any atom is -0.461 e. The second-order valence-corrected chi connectivity index (χ2v) is 6.76. The zero-order chi connectivity index (χ0) is 16.9. The molecule has 1 aliphatic carbocycles. The molecule has 3 rings (SSSR count). The lowest BCUT2D eigenvalue weighted by atomic mass is 10.0. The SMILES string of the molecule is CCOC(=O)c1cc(C2CCCC2)n(CC(=O)N2CCCCC2)n1. The van der Waals surface area contributed by atoms with Crippen LogP contribution < -0.4 is 0 Å². The number of hydrogen-bond acceptors (Lipinski definition) is 4. The van der Waals surface area contributed by atoms with E-state index in [1.54, 1.807) is 11.6 Å². The van der Waals surface area contributed by atoms with Crippen molar-refractivity contribution in [3.05, 3.63) is 17.5 Å². The molecule has 0 spiro atoms. The summed E-state index contributed by atoms with van der Waals surface area (Å²) in [5.41, 5.74) is 1.34. The Kier molecular flexibility index (Phi) is 5.53. The van der Waals surface area contributed by atoms with Crippen LogP contribution in [0.3, 0.4) is 0 Å². The molecule has 24 heavy (non-hydrogen) atoms. The summed E-state index contributed by atoms with van der Waals surface area (Å²) >= 11 is 0. The minimum absolute atomic E-state index is 0.104. The third-order valence-corrected chi connectivity index (χ3v) is 5.06. The first kappa shape index (κ1) is 17.0. The maximum absolute atomic E-state index is 12.6. The van der Waals surface area contributed by atoms with Gasteiger partial charge in [-0.2, -0.15) is 5.10 Å². The van der Waals surface area contributed by atoms with E-state index >= 15 is 0 Å². The molecule has 0 bridgehead atoms. The monoisotopic (exact) mass is 333 g/mol. The van der Waals surface area contributed by atoms with Crippen LogP contribution in [0.25, 0.3) is 0 Å². The maximum Gasteiger partial charge on any atom is 0.358 e. The Morgan fingerprint density at radius 2 is 1.88 bits per heavy atom. The van der Waals surface area contributed by atoms with Gasteiger partial charge in [0, 0.05) is 24.7 Å². The summed E-state index contributed by atoms with van der Waals surface area (Å²) in [5, 5.41) is 4.40. The van der Waals surface area contributed by atoms with E-state index in [-0.39, 0.29) is 12.5 Å². The highest BCUT2D eigenvalue weighted by Crippen LogP contribution is 2.34. The Labute approximate surface area is 143 Å². The van der Waals surface area contributed by atoms with Crippen molar-refractivity contribution >= 4 is 11.9 Å². The zero-order valence-electron chi connectivity index (χ0n) is 14.5. The van der Waals surface area contributed by atoms with Crippen LogP contribution in [0.15, 0.2) is 6.07 Å². The first-order valence-electron chi connectivity index (χ1n) is 9.21. The number of esters is 1. The van der Waals surface area contributed by atoms with Crippen LogP contribution in [0.2, 0.25) is 0 Å². The van der Waals surface area contributed by atoms with Crippen molar-refractivity contribution in [3.8, 4) is 0 Å². The Morgan fingerprint density at radius 1 is 1.17 bits per heavy atom. The number of nitrogens with zero attached hydrogens (tertiary/aromatic N) is 3. The summed E-state index contributed by atoms with van der Waals surface area (Å²) in [4.78, 5) is 26.5. The van der Waals surface area contributed by atoms with Gasteiger partial charge in [-0.3, -0.25) is 9.48 Å². The van der Waals surface area contributed by atoms with Crippen LogP contribution in [-0.4, -0.2) is 46.3 Å². The molecule has 1 saturated heterocycles. The number of rotatable bonds is 5. The Balaban J connectivity index is 1.78. The number of likely N-dealkylation sites (tertiary alicyclic amines) is 1. The van der Waals surface area contributed by atoms with E-state index in [9.17, 15) is 9.59 Å². The second kappa shape index (κ2) is 7.81. The van der Waals surface area contributed by atoms with E-state index in [1.807, 2.05) is 11.0 Å². The van der Waals surface area contributed by atoms with Gasteiger partial charge in [-0.25, -0.2) is 4.79 Å². The van der Waals surface area contributed by atoms with Crippen LogP contribution >= 0.6 is 0 Å². The molecular formula is C18H27N3O3. The maximum atomic E-state index is 12.6. The zero-order valence-corrected chi connectivity index (χ0v) is 14.5. The molecular weight excluding hydrogens is 306 g/mol. The van der Waals surface area contributed by atoms with Gasteiger partial charge in [-0.15, -0.1) is 0 Å². The number of piperidine rings is 1. The van der Waals surface area contributed by atoms with E-state index in [0.717, 1.165) is 44.5 Å². The van der Waals surface area contributed by atoms with E-state index in [1.165, 1.54) is 19.3 Å². The molecule has 0 radical (unpaired) electrons. The highest BCUT2D eigenvalue weighted by atomic mass is 16.5. The van der Waals surface area contributed by atoms with Crippen molar-refractivity contribution in [1.29, 1.82) is 0 Å². The average molecular weight is 333 g/mol. The third kappa shape index (κ3) is 3.79. The minimum atomic E-state index is -0.402. The number of carbonyl (C=O) groups is 2. The highest BCUT2D eigenvalue weighted by Gasteiger charge is 2.26. The topological polar surface area (TPSA) is 64.4 Å². The summed E-state index contributed by atoms with van der Waals surface area (Å²) in [5.74, 6) is 0.100. The van der Waals surface area contributed by atoms with Crippen molar-refractivity contribution in [2.45, 2.75) is 64.3 Å². The van der Waals surface area contributed by atoms with Gasteiger partial charge in [0.25, 0.3) is 0 Å². The standard InChI is InChI=1S/C18H27N3O3/c1-2-24-18(23)15-12-16(14-8-4-5-9-14)21(19-15)13-17(22)20-10-6-3-7-11-20/h12,14H,2-11,13H2,1H3. The summed E-state index contributed by atoms with van der Waals surface area (Å²) in [6.07, 6.45) is 7.96. The predicted molar refractivity (Wildman–Crippen MR) is 89.8 cm³/mol. The fraction of sp³-hybridized carbons (Fsp3) is 0.722. The molecule has 6 heteroatoms. The quantitative estimate of drug-likeness (QED) is 0.777. The second-order valence-electron chi connectivity index (χ2n) is 6.76. The van der Waals surface area contributed by atoms with E-state index in [0.29, 0.717) is 18.2 Å². The molecule has 0 aromatic carbocycles. The number of hydrogen-bond donors (Lipinski definition) is 0. The van der Waals surface area contributed by atoms with Gasteiger partial charge < -0.3 is 9.64 Å². The fourth-order valence-electron chi connectivity index (χ4n) is 3.78. The van der Waals surface area contributed by atoms with E-state index < -0.39 is 5.97 Å². The van der Waals surface area contributed by atoms with Gasteiger partial charge in [0.2, 0.25) is 5.91 Å². The summed E-state index contributed by atoms with van der Waals surface area (Å²) in [7, 11) is 0. The molecule has 2 aliphatic rings. The first-order chi connectivity index (χ1) is 11.7. The molecule has 1 saturated carbocycles. The van der Waals surface area contributed by atoms with Gasteiger partial charge in [0.15, 0.2) is 5.69 Å². The van der Waals surface area contributed by atoms with Crippen LogP contribution in [0.1, 0.15) is 74.0 Å². The van der Waals surface area contributed by atoms with Crippen LogP contribution in [-0.2, 0) is 16.1 Å². The Morgan fingerprint density at radius 3 is 2.54 bits per heavy atom. The highest BCUT2D eigenvalue weighted by molar-refractivity contribution is 5.87. The van der Waals surface area contributed by atoms with Crippen LogP contribution in [0, 0.1) is 0 Å². The lowest BCUT2D eigenvalue weighted by molar-refractivity contribution is -0.133. The van der Waals surface area contributed by atoms with Gasteiger partial charge >= 0.3 is 5.97 Å². The van der Waals surface area contributed by atoms with Crippen molar-refractivity contribution in [2.24, 2.45) is 0 Å². The summed E-state index contributed by atoms with van der Waals surface area (Å²) in [6.45, 7) is 4.02. The third-order valence-electron chi connectivity index (χ3n) is 5.06. The molecule has 2 fully saturated rings. The number of aromatic nitrogens is 2. The smallest absolute Gasteiger partial charge is 0.358 e. The predicted octanol–water partition coefficient (Wildman–Crippen LogP) is 2.73. The summed E-state index contributed by atoms with van der Waals surface area (Å²) < 4.78 is 6.82. The first-order valence-corrected chi connectivity index (χ1v) is 9.21. The molecule has 1 aromatic rings. The lowest BCUT2D eigenvalue weighted by Crippen LogP contribution is -2.38. The number of ether oxygens (including phenoxy) is 1. The molecule has 0 atom stereocenters. The van der Waals surface area contributed by atoms with Crippen LogP contribution in [0.5, 0.6) is 0 Å². The van der Waals surface area contributed by atoms with Gasteiger partial charge in [0.05, 0.1) is 6.61 Å². The molecule has 0 N–H and O–H groups in total. The Hall–Kier alpha value is -1.85. The molecule has 2 heterocycles. The molecule has 1 aromatic heterocycles. The van der Waals surface area contributed by atoms with Gasteiger partial charge in [-0.1, -0.05) is 12.8 Å². The van der Waals surface area contributed by atoms with Crippen LogP contribution in [0.4, 0.5) is 0 Å². The van der Waals surface area contributed by atoms with Crippen molar-refractivity contribution in [2.75, 3.05) is 19.7 Å². The number of amides is 1. The number of carbonyl (C=O) groups excluding carboxylic acids is 2. The van der Waals surface area contributed by atoms with E-state index in [4.69, 9.17) is 4.74 Å². The summed E-state index contributed by atoms with van der Waals surface area (Å²) in [6, 6.07) is 1.83. The molecule has 1 aliphatic heterocycles. The molecule has 6 nitrogen and oxygen atoms in total. The fourth-order valence-corrected chi connectivity index (χ4v) is 3.78. The van der Waals surface area contributed by atoms with Crippen molar-refractivity contribution < 1.29 is 14.3 Å². The van der Waals surface area contributed by atoms with Crippen molar-refractivity contribution in [3.63, 3.8) is 0 Å². The van der Waals surface area contributed by atoms with Gasteiger partial charge in [-0.05, 0) is 45.1 Å². The molecule has 132 valence electrons. The van der Waals surface area contributed by atoms with Crippen molar-refractivity contribution in [1.82, 2.24) is 14.7 Å². The largest absolute Gasteiger partial charge is 0.461 e. The average Bonchev–Trinajstić information content (AvgIpc) is 3.25.